The van der Waals surface area contributed by atoms with Gasteiger partial charge in [0.05, 0.1) is 18.1 Å². The molecule has 3 aromatic rings. The summed E-state index contributed by atoms with van der Waals surface area (Å²) in [7, 11) is 1.22. The summed E-state index contributed by atoms with van der Waals surface area (Å²) in [5, 5.41) is 3.04. The molecule has 31 heavy (non-hydrogen) atoms. The number of hydrogen-bond donors (Lipinski definition) is 1. The van der Waals surface area contributed by atoms with Crippen molar-refractivity contribution in [3.63, 3.8) is 0 Å². The maximum atomic E-state index is 12.8. The molecular weight excluding hydrogens is 417 g/mol. The van der Waals surface area contributed by atoms with E-state index in [9.17, 15) is 27.6 Å². The van der Waals surface area contributed by atoms with Gasteiger partial charge in [-0.15, -0.1) is 0 Å². The summed E-state index contributed by atoms with van der Waals surface area (Å²) >= 11 is 0. The molecule has 1 heterocycles. The van der Waals surface area contributed by atoms with Crippen LogP contribution in [0, 0.1) is 0 Å². The number of pyridine rings is 1. The maximum Gasteiger partial charge on any atom is 0.416 e. The van der Waals surface area contributed by atoms with Gasteiger partial charge in [-0.3, -0.25) is 9.59 Å². The zero-order valence-corrected chi connectivity index (χ0v) is 16.2. The van der Waals surface area contributed by atoms with Crippen LogP contribution >= 0.6 is 0 Å². The van der Waals surface area contributed by atoms with Gasteiger partial charge in [-0.2, -0.15) is 13.2 Å². The Hall–Kier alpha value is -3.82. The molecule has 1 N–H and O–H groups in total. The van der Waals surface area contributed by atoms with E-state index in [0.29, 0.717) is 11.1 Å². The lowest BCUT2D eigenvalue weighted by Gasteiger charge is -2.12. The Balaban J connectivity index is 1.79. The average molecular weight is 434 g/mol. The van der Waals surface area contributed by atoms with Crippen molar-refractivity contribution in [3.8, 4) is 5.75 Å². The van der Waals surface area contributed by atoms with Crippen LogP contribution in [0.4, 0.5) is 18.9 Å². The summed E-state index contributed by atoms with van der Waals surface area (Å²) in [6.07, 6.45) is -3.18. The first-order valence-corrected chi connectivity index (χ1v) is 8.98. The number of methoxy groups -OCH3 is 1. The number of aromatic nitrogens is 1. The number of amides is 1. The molecule has 0 atom stereocenters. The summed E-state index contributed by atoms with van der Waals surface area (Å²) < 4.78 is 49.4. The van der Waals surface area contributed by atoms with Gasteiger partial charge in [-0.05, 0) is 36.4 Å². The van der Waals surface area contributed by atoms with Gasteiger partial charge in [0.2, 0.25) is 5.91 Å². The van der Waals surface area contributed by atoms with Crippen LogP contribution in [0.15, 0.2) is 59.5 Å². The molecule has 0 aliphatic carbocycles. The number of esters is 1. The number of nitrogens with zero attached hydrogens (tertiary/aromatic N) is 1. The molecule has 0 spiro atoms. The number of benzene rings is 2. The highest BCUT2D eigenvalue weighted by atomic mass is 19.4. The van der Waals surface area contributed by atoms with Crippen LogP contribution in [0.1, 0.15) is 5.56 Å². The molecule has 10 heteroatoms. The standard InChI is InChI=1S/C21H17F3N2O5/c1-30-19(28)12-31-17-7-3-6-16-15(17)8-9-26(20(16)29)11-18(27)25-14-5-2-4-13(10-14)21(22,23)24/h2-10H,11-12H2,1H3,(H,25,27). The van der Waals surface area contributed by atoms with E-state index in [1.807, 2.05) is 0 Å². The SMILES string of the molecule is COC(=O)COc1cccc2c(=O)n(CC(=O)Nc3cccc(C(F)(F)F)c3)ccc12. The van der Waals surface area contributed by atoms with Crippen molar-refractivity contribution >= 4 is 28.3 Å². The number of anilines is 1. The van der Waals surface area contributed by atoms with E-state index >= 15 is 0 Å². The Morgan fingerprint density at radius 2 is 1.81 bits per heavy atom. The second-order valence-electron chi connectivity index (χ2n) is 6.46. The Morgan fingerprint density at radius 1 is 1.06 bits per heavy atom. The maximum absolute atomic E-state index is 12.8. The Kier molecular flexibility index (Phi) is 6.28. The summed E-state index contributed by atoms with van der Waals surface area (Å²) in [6.45, 7) is -0.740. The molecule has 1 aromatic heterocycles. The first-order chi connectivity index (χ1) is 14.7. The largest absolute Gasteiger partial charge is 0.481 e. The number of carbonyl (C=O) groups excluding carboxylic acids is 2. The molecule has 0 saturated carbocycles. The number of rotatable bonds is 6. The molecule has 1 amide bonds. The third-order valence-electron chi connectivity index (χ3n) is 4.34. The Bertz CT molecular complexity index is 1190. The molecule has 0 aliphatic rings. The highest BCUT2D eigenvalue weighted by Gasteiger charge is 2.30. The minimum atomic E-state index is -4.54. The Labute approximate surface area is 174 Å². The van der Waals surface area contributed by atoms with E-state index in [1.54, 1.807) is 18.2 Å². The van der Waals surface area contributed by atoms with Gasteiger partial charge >= 0.3 is 12.1 Å². The fourth-order valence-corrected chi connectivity index (χ4v) is 2.86. The lowest BCUT2D eigenvalue weighted by Crippen LogP contribution is -2.27. The van der Waals surface area contributed by atoms with Crippen LogP contribution in [0.2, 0.25) is 0 Å². The van der Waals surface area contributed by atoms with Crippen molar-refractivity contribution < 1.29 is 32.2 Å². The number of hydrogen-bond acceptors (Lipinski definition) is 5. The van der Waals surface area contributed by atoms with Crippen LogP contribution in [-0.4, -0.2) is 30.2 Å². The minimum absolute atomic E-state index is 0.0350. The van der Waals surface area contributed by atoms with Crippen LogP contribution in [0.25, 0.3) is 10.8 Å². The number of alkyl halides is 3. The van der Waals surface area contributed by atoms with Gasteiger partial charge in [-0.25, -0.2) is 4.79 Å². The first kappa shape index (κ1) is 21.9. The smallest absolute Gasteiger partial charge is 0.416 e. The van der Waals surface area contributed by atoms with Crippen LogP contribution in [-0.2, 0) is 27.0 Å². The molecule has 0 unspecified atom stereocenters. The fraction of sp³-hybridized carbons (Fsp3) is 0.190. The Morgan fingerprint density at radius 3 is 2.52 bits per heavy atom. The molecular formula is C21H17F3N2O5. The monoisotopic (exact) mass is 434 g/mol. The minimum Gasteiger partial charge on any atom is -0.481 e. The van der Waals surface area contributed by atoms with Crippen molar-refractivity contribution in [1.29, 1.82) is 0 Å². The van der Waals surface area contributed by atoms with Crippen LogP contribution in [0.3, 0.4) is 0 Å². The topological polar surface area (TPSA) is 86.6 Å². The lowest BCUT2D eigenvalue weighted by molar-refractivity contribution is -0.143. The van der Waals surface area contributed by atoms with Gasteiger partial charge in [0, 0.05) is 17.3 Å². The predicted octanol–water partition coefficient (Wildman–Crippen LogP) is 3.21. The lowest BCUT2D eigenvalue weighted by atomic mass is 10.1. The zero-order valence-electron chi connectivity index (χ0n) is 16.2. The van der Waals surface area contributed by atoms with Crippen molar-refractivity contribution in [1.82, 2.24) is 4.57 Å². The third-order valence-corrected chi connectivity index (χ3v) is 4.34. The van der Waals surface area contributed by atoms with Crippen molar-refractivity contribution in [2.24, 2.45) is 0 Å². The number of ether oxygens (including phenoxy) is 2. The van der Waals surface area contributed by atoms with E-state index in [-0.39, 0.29) is 17.7 Å². The predicted molar refractivity (Wildman–Crippen MR) is 106 cm³/mol. The molecule has 7 nitrogen and oxygen atoms in total. The number of carbonyl (C=O) groups is 2. The molecule has 0 bridgehead atoms. The van der Waals surface area contributed by atoms with Crippen LogP contribution < -0.4 is 15.6 Å². The van der Waals surface area contributed by atoms with Gasteiger partial charge in [-0.1, -0.05) is 12.1 Å². The third kappa shape index (κ3) is 5.21. The fourth-order valence-electron chi connectivity index (χ4n) is 2.86. The normalized spacial score (nSPS) is 11.2. The first-order valence-electron chi connectivity index (χ1n) is 8.98. The average Bonchev–Trinajstić information content (AvgIpc) is 2.73. The van der Waals surface area contributed by atoms with E-state index < -0.39 is 35.7 Å². The summed E-state index contributed by atoms with van der Waals surface area (Å²) in [5.41, 5.74) is -1.43. The molecule has 0 saturated heterocycles. The van der Waals surface area contributed by atoms with Gasteiger partial charge in [0.25, 0.3) is 5.56 Å². The van der Waals surface area contributed by atoms with E-state index in [1.165, 1.54) is 31.5 Å². The van der Waals surface area contributed by atoms with Gasteiger partial charge in [0.15, 0.2) is 6.61 Å². The highest BCUT2D eigenvalue weighted by Crippen LogP contribution is 2.30. The van der Waals surface area contributed by atoms with Gasteiger partial charge in [0.1, 0.15) is 12.3 Å². The zero-order chi connectivity index (χ0) is 22.6. The van der Waals surface area contributed by atoms with E-state index in [4.69, 9.17) is 4.74 Å². The summed E-state index contributed by atoms with van der Waals surface area (Å²) in [6, 6.07) is 10.4. The molecule has 0 radical (unpaired) electrons. The molecule has 0 aliphatic heterocycles. The highest BCUT2D eigenvalue weighted by molar-refractivity contribution is 5.91. The number of halogens is 3. The number of fused-ring (bicyclic) bond motifs is 1. The van der Waals surface area contributed by atoms with Crippen molar-refractivity contribution in [2.45, 2.75) is 12.7 Å². The second kappa shape index (κ2) is 8.90. The van der Waals surface area contributed by atoms with Crippen molar-refractivity contribution in [2.75, 3.05) is 19.0 Å². The number of nitrogens with one attached hydrogen (secondary N) is 1. The van der Waals surface area contributed by atoms with Gasteiger partial charge < -0.3 is 19.4 Å². The quantitative estimate of drug-likeness (QED) is 0.602. The molecule has 0 fully saturated rings. The van der Waals surface area contributed by atoms with Crippen molar-refractivity contribution in [3.05, 3.63) is 70.6 Å². The molecule has 3 rings (SSSR count). The molecule has 162 valence electrons. The van der Waals surface area contributed by atoms with E-state index in [0.717, 1.165) is 16.7 Å². The second-order valence-corrected chi connectivity index (χ2v) is 6.46. The summed E-state index contributed by atoms with van der Waals surface area (Å²) in [4.78, 5) is 36.3. The van der Waals surface area contributed by atoms with Crippen LogP contribution in [0.5, 0.6) is 5.75 Å². The summed E-state index contributed by atoms with van der Waals surface area (Å²) in [5.74, 6) is -0.962. The van der Waals surface area contributed by atoms with E-state index in [2.05, 4.69) is 10.1 Å². The molecule has 2 aromatic carbocycles.